The van der Waals surface area contributed by atoms with Gasteiger partial charge in [0.15, 0.2) is 0 Å². The highest BCUT2D eigenvalue weighted by atomic mass is 16.3. The Hall–Kier alpha value is -1.51. The fourth-order valence-electron chi connectivity index (χ4n) is 1.08. The lowest BCUT2D eigenvalue weighted by atomic mass is 10.2. The van der Waals surface area contributed by atoms with E-state index >= 15 is 0 Å². The molecule has 13 heavy (non-hydrogen) atoms. The second kappa shape index (κ2) is 4.50. The Morgan fingerprint density at radius 3 is 3.15 bits per heavy atom. The van der Waals surface area contributed by atoms with Gasteiger partial charge in [-0.05, 0) is 6.07 Å². The summed E-state index contributed by atoms with van der Waals surface area (Å²) in [5.74, 6) is 0.618. The number of hydrogen-bond acceptors (Lipinski definition) is 2. The van der Waals surface area contributed by atoms with Gasteiger partial charge in [-0.2, -0.15) is 0 Å². The lowest BCUT2D eigenvalue weighted by Gasteiger charge is -2.00. The number of aryl methyl sites for hydroxylation is 1. The Balaban J connectivity index is 2.70. The second-order valence-electron chi connectivity index (χ2n) is 2.61. The molecule has 0 aliphatic heterocycles. The van der Waals surface area contributed by atoms with Crippen LogP contribution < -0.4 is 5.32 Å². The zero-order chi connectivity index (χ0) is 9.68. The summed E-state index contributed by atoms with van der Waals surface area (Å²) in [7, 11) is 0. The number of carbonyl (C=O) groups excluding carboxylic acids is 1. The number of hydrogen-bond donors (Lipinski definition) is 1. The molecule has 0 aliphatic rings. The van der Waals surface area contributed by atoms with Crippen molar-refractivity contribution in [2.75, 3.05) is 6.54 Å². The van der Waals surface area contributed by atoms with Gasteiger partial charge in [0.1, 0.15) is 5.76 Å². The molecule has 3 heteroatoms. The molecule has 0 radical (unpaired) electrons. The van der Waals surface area contributed by atoms with Gasteiger partial charge in [-0.3, -0.25) is 4.79 Å². The van der Waals surface area contributed by atoms with Crippen LogP contribution in [0, 0.1) is 0 Å². The van der Waals surface area contributed by atoms with Crippen LogP contribution in [-0.2, 0) is 6.42 Å². The molecule has 1 rings (SSSR count). The fourth-order valence-corrected chi connectivity index (χ4v) is 1.08. The Kier molecular flexibility index (Phi) is 3.31. The van der Waals surface area contributed by atoms with Gasteiger partial charge in [0, 0.05) is 13.0 Å². The molecule has 0 unspecified atom stereocenters. The first-order valence-corrected chi connectivity index (χ1v) is 4.25. The third-order valence-corrected chi connectivity index (χ3v) is 1.72. The SMILES string of the molecule is C=CCNC(=O)c1ccoc1CC. The van der Waals surface area contributed by atoms with Crippen molar-refractivity contribution in [3.8, 4) is 0 Å². The standard InChI is InChI=1S/C10H13NO2/c1-3-6-11-10(12)8-5-7-13-9(8)4-2/h3,5,7H,1,4,6H2,2H3,(H,11,12). The monoisotopic (exact) mass is 179 g/mol. The number of carbonyl (C=O) groups is 1. The van der Waals surface area contributed by atoms with Crippen LogP contribution in [-0.4, -0.2) is 12.5 Å². The summed E-state index contributed by atoms with van der Waals surface area (Å²) in [6.07, 6.45) is 3.90. The summed E-state index contributed by atoms with van der Waals surface area (Å²) in [6, 6.07) is 1.68. The summed E-state index contributed by atoms with van der Waals surface area (Å²) in [6.45, 7) is 5.95. The predicted molar refractivity (Wildman–Crippen MR) is 50.6 cm³/mol. The molecule has 0 atom stereocenters. The van der Waals surface area contributed by atoms with Crippen molar-refractivity contribution in [2.24, 2.45) is 0 Å². The van der Waals surface area contributed by atoms with Gasteiger partial charge >= 0.3 is 0 Å². The maximum Gasteiger partial charge on any atom is 0.255 e. The number of amides is 1. The number of furan rings is 1. The quantitative estimate of drug-likeness (QED) is 0.715. The summed E-state index contributed by atoms with van der Waals surface area (Å²) in [5.41, 5.74) is 0.615. The van der Waals surface area contributed by atoms with Crippen molar-refractivity contribution in [1.82, 2.24) is 5.32 Å². The summed E-state index contributed by atoms with van der Waals surface area (Å²) in [5, 5.41) is 2.69. The first-order valence-electron chi connectivity index (χ1n) is 4.25. The zero-order valence-electron chi connectivity index (χ0n) is 7.67. The van der Waals surface area contributed by atoms with Gasteiger partial charge in [-0.25, -0.2) is 0 Å². The van der Waals surface area contributed by atoms with E-state index in [-0.39, 0.29) is 5.91 Å². The van der Waals surface area contributed by atoms with Gasteiger partial charge in [0.25, 0.3) is 5.91 Å². The molecule has 0 spiro atoms. The van der Waals surface area contributed by atoms with Crippen molar-refractivity contribution in [3.05, 3.63) is 36.3 Å². The van der Waals surface area contributed by atoms with E-state index in [4.69, 9.17) is 4.42 Å². The highest BCUT2D eigenvalue weighted by molar-refractivity contribution is 5.95. The van der Waals surface area contributed by atoms with E-state index in [0.29, 0.717) is 12.1 Å². The van der Waals surface area contributed by atoms with Gasteiger partial charge < -0.3 is 9.73 Å². The molecular formula is C10H13NO2. The maximum atomic E-state index is 11.4. The highest BCUT2D eigenvalue weighted by Gasteiger charge is 2.11. The van der Waals surface area contributed by atoms with Crippen LogP contribution in [0.3, 0.4) is 0 Å². The minimum absolute atomic E-state index is 0.106. The summed E-state index contributed by atoms with van der Waals surface area (Å²) < 4.78 is 5.13. The van der Waals surface area contributed by atoms with Crippen LogP contribution in [0.1, 0.15) is 23.0 Å². The Bertz CT molecular complexity index is 302. The third kappa shape index (κ3) is 2.21. The third-order valence-electron chi connectivity index (χ3n) is 1.72. The van der Waals surface area contributed by atoms with E-state index in [9.17, 15) is 4.79 Å². The van der Waals surface area contributed by atoms with Crippen LogP contribution in [0.25, 0.3) is 0 Å². The van der Waals surface area contributed by atoms with Crippen LogP contribution in [0.15, 0.2) is 29.4 Å². The number of rotatable bonds is 4. The van der Waals surface area contributed by atoms with Crippen molar-refractivity contribution in [3.63, 3.8) is 0 Å². The van der Waals surface area contributed by atoms with E-state index in [0.717, 1.165) is 12.2 Å². The van der Waals surface area contributed by atoms with Crippen molar-refractivity contribution in [1.29, 1.82) is 0 Å². The minimum Gasteiger partial charge on any atom is -0.469 e. The smallest absolute Gasteiger partial charge is 0.255 e. The van der Waals surface area contributed by atoms with Crippen LogP contribution in [0.2, 0.25) is 0 Å². The van der Waals surface area contributed by atoms with E-state index < -0.39 is 0 Å². The Morgan fingerprint density at radius 1 is 1.77 bits per heavy atom. The molecule has 1 aromatic heterocycles. The van der Waals surface area contributed by atoms with E-state index in [2.05, 4.69) is 11.9 Å². The molecule has 0 fully saturated rings. The molecule has 0 aromatic carbocycles. The predicted octanol–water partition coefficient (Wildman–Crippen LogP) is 1.76. The molecule has 1 N–H and O–H groups in total. The molecule has 70 valence electrons. The second-order valence-corrected chi connectivity index (χ2v) is 2.61. The first kappa shape index (κ1) is 9.58. The van der Waals surface area contributed by atoms with E-state index in [1.807, 2.05) is 6.92 Å². The average Bonchev–Trinajstić information content (AvgIpc) is 2.61. The Morgan fingerprint density at radius 2 is 2.54 bits per heavy atom. The van der Waals surface area contributed by atoms with E-state index in [1.54, 1.807) is 12.1 Å². The molecule has 0 aliphatic carbocycles. The average molecular weight is 179 g/mol. The lowest BCUT2D eigenvalue weighted by molar-refractivity contribution is 0.0956. The molecule has 0 saturated carbocycles. The minimum atomic E-state index is -0.106. The normalized spacial score (nSPS) is 9.62. The molecule has 1 aromatic rings. The molecule has 0 bridgehead atoms. The van der Waals surface area contributed by atoms with Crippen LogP contribution in [0.5, 0.6) is 0 Å². The van der Waals surface area contributed by atoms with E-state index in [1.165, 1.54) is 6.26 Å². The van der Waals surface area contributed by atoms with Crippen molar-refractivity contribution < 1.29 is 9.21 Å². The first-order chi connectivity index (χ1) is 6.29. The van der Waals surface area contributed by atoms with Crippen molar-refractivity contribution in [2.45, 2.75) is 13.3 Å². The van der Waals surface area contributed by atoms with Crippen LogP contribution >= 0.6 is 0 Å². The van der Waals surface area contributed by atoms with Gasteiger partial charge in [0.2, 0.25) is 0 Å². The lowest BCUT2D eigenvalue weighted by Crippen LogP contribution is -2.23. The molecule has 1 amide bonds. The topological polar surface area (TPSA) is 42.2 Å². The highest BCUT2D eigenvalue weighted by Crippen LogP contribution is 2.10. The van der Waals surface area contributed by atoms with Gasteiger partial charge in [0.05, 0.1) is 11.8 Å². The zero-order valence-corrected chi connectivity index (χ0v) is 7.67. The Labute approximate surface area is 77.4 Å². The largest absolute Gasteiger partial charge is 0.469 e. The molecule has 0 saturated heterocycles. The maximum absolute atomic E-state index is 11.4. The van der Waals surface area contributed by atoms with Crippen LogP contribution in [0.4, 0.5) is 0 Å². The molecular weight excluding hydrogens is 166 g/mol. The fraction of sp³-hybridized carbons (Fsp3) is 0.300. The van der Waals surface area contributed by atoms with Crippen molar-refractivity contribution >= 4 is 5.91 Å². The van der Waals surface area contributed by atoms with Gasteiger partial charge in [-0.1, -0.05) is 13.0 Å². The molecule has 3 nitrogen and oxygen atoms in total. The molecule has 1 heterocycles. The number of nitrogens with one attached hydrogen (secondary N) is 1. The van der Waals surface area contributed by atoms with Gasteiger partial charge in [-0.15, -0.1) is 6.58 Å². The summed E-state index contributed by atoms with van der Waals surface area (Å²) in [4.78, 5) is 11.4. The summed E-state index contributed by atoms with van der Waals surface area (Å²) >= 11 is 0.